The molecule has 0 saturated carbocycles. The van der Waals surface area contributed by atoms with Crippen LogP contribution in [0.15, 0.2) is 53.2 Å². The Bertz CT molecular complexity index is 935. The number of aliphatic imine (C=N–C) groups is 1. The van der Waals surface area contributed by atoms with Gasteiger partial charge in [-0.3, -0.25) is 0 Å². The number of rotatable bonds is 5. The van der Waals surface area contributed by atoms with E-state index in [-0.39, 0.29) is 11.6 Å². The molecule has 8 heteroatoms. The molecule has 0 saturated heterocycles. The number of benzene rings is 2. The van der Waals surface area contributed by atoms with Crippen LogP contribution < -0.4 is 9.84 Å². The molecule has 26 heavy (non-hydrogen) atoms. The number of hydrogen-bond acceptors (Lipinski definition) is 6. The Morgan fingerprint density at radius 3 is 2.54 bits per heavy atom. The summed E-state index contributed by atoms with van der Waals surface area (Å²) in [5.74, 6) is -1.41. The molecule has 2 aromatic carbocycles. The number of carboxylic acid groups (broad SMARTS) is 1. The highest BCUT2D eigenvalue weighted by molar-refractivity contribution is 6.42. The fraction of sp³-hybridized carbons (Fsp3) is 0.0556. The third kappa shape index (κ3) is 4.22. The number of nitrogens with zero attached hydrogens (tertiary/aromatic N) is 1. The van der Waals surface area contributed by atoms with Gasteiger partial charge in [0.2, 0.25) is 5.90 Å². The smallest absolute Gasteiger partial charge is 0.363 e. The van der Waals surface area contributed by atoms with Crippen LogP contribution in [-0.4, -0.2) is 24.4 Å². The number of halogens is 2. The summed E-state index contributed by atoms with van der Waals surface area (Å²) in [4.78, 5) is 26.5. The molecule has 1 aliphatic heterocycles. The van der Waals surface area contributed by atoms with Gasteiger partial charge < -0.3 is 19.4 Å². The summed E-state index contributed by atoms with van der Waals surface area (Å²) < 4.78 is 10.1. The number of aliphatic carboxylic acids is 1. The van der Waals surface area contributed by atoms with Crippen molar-refractivity contribution in [1.29, 1.82) is 0 Å². The number of ether oxygens (including phenoxy) is 2. The van der Waals surface area contributed by atoms with Gasteiger partial charge in [0.25, 0.3) is 0 Å². The minimum atomic E-state index is -1.31. The molecule has 132 valence electrons. The lowest BCUT2D eigenvalue weighted by atomic mass is 10.2. The Morgan fingerprint density at radius 1 is 1.15 bits per heavy atom. The molecule has 0 fully saturated rings. The zero-order valence-corrected chi connectivity index (χ0v) is 14.6. The topological polar surface area (TPSA) is 88.0 Å². The summed E-state index contributed by atoms with van der Waals surface area (Å²) in [6.07, 6.45) is 1.54. The Balaban J connectivity index is 1.79. The highest BCUT2D eigenvalue weighted by Gasteiger charge is 2.24. The maximum atomic E-state index is 12.0. The number of cyclic esters (lactones) is 1. The second kappa shape index (κ2) is 7.59. The van der Waals surface area contributed by atoms with Gasteiger partial charge in [-0.25, -0.2) is 9.79 Å². The molecule has 1 heterocycles. The standard InChI is InChI=1S/C18H11Cl2NO5/c19-13-6-3-11(8-14(13)20)17-21-15(18(24)26-17)7-10-1-4-12(5-2-10)25-9-16(22)23/h1-8H,9H2,(H,22,23)/p-1/b15-7-. The van der Waals surface area contributed by atoms with Crippen LogP contribution in [0.3, 0.4) is 0 Å². The van der Waals surface area contributed by atoms with Crippen molar-refractivity contribution < 1.29 is 24.2 Å². The van der Waals surface area contributed by atoms with Crippen LogP contribution >= 0.6 is 23.2 Å². The van der Waals surface area contributed by atoms with Crippen molar-refractivity contribution in [2.75, 3.05) is 6.61 Å². The monoisotopic (exact) mass is 390 g/mol. The van der Waals surface area contributed by atoms with Crippen molar-refractivity contribution in [1.82, 2.24) is 0 Å². The molecule has 0 aliphatic carbocycles. The molecule has 3 rings (SSSR count). The lowest BCUT2D eigenvalue weighted by Gasteiger charge is -2.06. The number of carbonyl (C=O) groups excluding carboxylic acids is 2. The largest absolute Gasteiger partial charge is 0.546 e. The summed E-state index contributed by atoms with van der Waals surface area (Å²) in [5, 5.41) is 11.1. The molecule has 0 unspecified atom stereocenters. The van der Waals surface area contributed by atoms with E-state index in [1.165, 1.54) is 6.08 Å². The normalized spacial score (nSPS) is 14.9. The van der Waals surface area contributed by atoms with E-state index in [0.29, 0.717) is 26.9 Å². The third-order valence-electron chi connectivity index (χ3n) is 3.33. The number of carbonyl (C=O) groups is 2. The number of carboxylic acids is 1. The first-order valence-electron chi connectivity index (χ1n) is 7.33. The van der Waals surface area contributed by atoms with Crippen LogP contribution in [0.5, 0.6) is 5.75 Å². The molecule has 0 aromatic heterocycles. The summed E-state index contributed by atoms with van der Waals surface area (Å²) in [5.41, 5.74) is 1.31. The predicted molar refractivity (Wildman–Crippen MR) is 94.0 cm³/mol. The molecule has 0 spiro atoms. The van der Waals surface area contributed by atoms with Crippen LogP contribution in [0.4, 0.5) is 0 Å². The predicted octanol–water partition coefficient (Wildman–Crippen LogP) is 2.47. The highest BCUT2D eigenvalue weighted by atomic mass is 35.5. The van der Waals surface area contributed by atoms with E-state index in [2.05, 4.69) is 4.99 Å². The van der Waals surface area contributed by atoms with Crippen LogP contribution in [0.2, 0.25) is 10.0 Å². The average Bonchev–Trinajstić information content (AvgIpc) is 2.97. The molecule has 0 bridgehead atoms. The van der Waals surface area contributed by atoms with E-state index >= 15 is 0 Å². The molecular weight excluding hydrogens is 381 g/mol. The van der Waals surface area contributed by atoms with Crippen LogP contribution in [-0.2, 0) is 14.3 Å². The van der Waals surface area contributed by atoms with Gasteiger partial charge in [-0.15, -0.1) is 0 Å². The summed E-state index contributed by atoms with van der Waals surface area (Å²) in [6.45, 7) is -0.538. The number of esters is 1. The molecule has 1 aliphatic rings. The Morgan fingerprint density at radius 2 is 1.88 bits per heavy atom. The molecule has 0 N–H and O–H groups in total. The van der Waals surface area contributed by atoms with E-state index < -0.39 is 18.5 Å². The van der Waals surface area contributed by atoms with Crippen molar-refractivity contribution >= 4 is 47.1 Å². The zero-order valence-electron chi connectivity index (χ0n) is 13.1. The van der Waals surface area contributed by atoms with Crippen molar-refractivity contribution in [2.24, 2.45) is 4.99 Å². The quantitative estimate of drug-likeness (QED) is 0.577. The third-order valence-corrected chi connectivity index (χ3v) is 4.07. The molecular formula is C18H10Cl2NO5-. The Labute approximate surface area is 158 Å². The minimum Gasteiger partial charge on any atom is -0.546 e. The molecule has 0 atom stereocenters. The van der Waals surface area contributed by atoms with E-state index in [1.54, 1.807) is 42.5 Å². The average molecular weight is 391 g/mol. The maximum absolute atomic E-state index is 12.0. The van der Waals surface area contributed by atoms with Gasteiger partial charge in [0.1, 0.15) is 12.4 Å². The first kappa shape index (κ1) is 18.0. The minimum absolute atomic E-state index is 0.120. The molecule has 0 radical (unpaired) electrons. The fourth-order valence-electron chi connectivity index (χ4n) is 2.12. The number of hydrogen-bond donors (Lipinski definition) is 0. The molecule has 6 nitrogen and oxygen atoms in total. The first-order chi connectivity index (χ1) is 12.4. The Kier molecular flexibility index (Phi) is 5.25. The summed E-state index contributed by atoms with van der Waals surface area (Å²) >= 11 is 11.8. The lowest BCUT2D eigenvalue weighted by molar-refractivity contribution is -0.307. The van der Waals surface area contributed by atoms with Crippen molar-refractivity contribution in [3.05, 3.63) is 69.3 Å². The summed E-state index contributed by atoms with van der Waals surface area (Å²) in [7, 11) is 0. The SMILES string of the molecule is O=C([O-])COc1ccc(/C=C2\N=C(c3ccc(Cl)c(Cl)c3)OC2=O)cc1. The molecule has 2 aromatic rings. The van der Waals surface area contributed by atoms with Crippen molar-refractivity contribution in [2.45, 2.75) is 0 Å². The maximum Gasteiger partial charge on any atom is 0.363 e. The van der Waals surface area contributed by atoms with Gasteiger partial charge in [-0.2, -0.15) is 0 Å². The molecule has 0 amide bonds. The van der Waals surface area contributed by atoms with E-state index in [9.17, 15) is 14.7 Å². The van der Waals surface area contributed by atoms with Crippen LogP contribution in [0.25, 0.3) is 6.08 Å². The van der Waals surface area contributed by atoms with Crippen molar-refractivity contribution in [3.8, 4) is 5.75 Å². The van der Waals surface area contributed by atoms with E-state index in [1.807, 2.05) is 0 Å². The fourth-order valence-corrected chi connectivity index (χ4v) is 2.42. The van der Waals surface area contributed by atoms with E-state index in [0.717, 1.165) is 0 Å². The van der Waals surface area contributed by atoms with E-state index in [4.69, 9.17) is 32.7 Å². The highest BCUT2D eigenvalue weighted by Crippen LogP contribution is 2.26. The van der Waals surface area contributed by atoms with Crippen LogP contribution in [0.1, 0.15) is 11.1 Å². The van der Waals surface area contributed by atoms with Crippen molar-refractivity contribution in [3.63, 3.8) is 0 Å². The van der Waals surface area contributed by atoms with Gasteiger partial charge in [0, 0.05) is 5.56 Å². The van der Waals surface area contributed by atoms with Gasteiger partial charge >= 0.3 is 5.97 Å². The van der Waals surface area contributed by atoms with Gasteiger partial charge in [0.15, 0.2) is 5.70 Å². The zero-order chi connectivity index (χ0) is 18.7. The van der Waals surface area contributed by atoms with Crippen LogP contribution in [0, 0.1) is 0 Å². The first-order valence-corrected chi connectivity index (χ1v) is 8.08. The second-order valence-corrected chi connectivity index (χ2v) is 6.01. The Hall–Kier alpha value is -2.83. The lowest BCUT2D eigenvalue weighted by Crippen LogP contribution is -2.28. The van der Waals surface area contributed by atoms with Gasteiger partial charge in [0.05, 0.1) is 16.0 Å². The van der Waals surface area contributed by atoms with Gasteiger partial charge in [-0.1, -0.05) is 35.3 Å². The van der Waals surface area contributed by atoms with Gasteiger partial charge in [-0.05, 0) is 42.0 Å². The summed E-state index contributed by atoms with van der Waals surface area (Å²) in [6, 6.07) is 11.2. The second-order valence-electron chi connectivity index (χ2n) is 5.19.